The van der Waals surface area contributed by atoms with Gasteiger partial charge in [-0.3, -0.25) is 0 Å². The second-order valence-corrected chi connectivity index (χ2v) is 6.51. The maximum Gasteiger partial charge on any atom is 0.123 e. The van der Waals surface area contributed by atoms with E-state index in [4.69, 9.17) is 4.74 Å². The van der Waals surface area contributed by atoms with E-state index in [1.807, 2.05) is 19.2 Å². The summed E-state index contributed by atoms with van der Waals surface area (Å²) < 4.78 is 6.65. The van der Waals surface area contributed by atoms with Gasteiger partial charge in [0.25, 0.3) is 0 Å². The molecule has 0 aliphatic heterocycles. The highest BCUT2D eigenvalue weighted by Gasteiger charge is 2.30. The van der Waals surface area contributed by atoms with Gasteiger partial charge >= 0.3 is 0 Å². The van der Waals surface area contributed by atoms with Crippen LogP contribution in [0.1, 0.15) is 22.7 Å². The smallest absolute Gasteiger partial charge is 0.123 e. The van der Waals surface area contributed by atoms with E-state index < -0.39 is 0 Å². The van der Waals surface area contributed by atoms with Gasteiger partial charge in [0.1, 0.15) is 5.75 Å². The monoisotopic (exact) mass is 345 g/mol. The molecule has 0 fully saturated rings. The zero-order valence-electron chi connectivity index (χ0n) is 12.4. The molecule has 0 saturated carbocycles. The number of fused-ring (bicyclic) bond motifs is 1. The molecule has 2 nitrogen and oxygen atoms in total. The van der Waals surface area contributed by atoms with Crippen molar-refractivity contribution in [3.8, 4) is 5.75 Å². The van der Waals surface area contributed by atoms with Crippen molar-refractivity contribution in [2.75, 3.05) is 14.2 Å². The summed E-state index contributed by atoms with van der Waals surface area (Å²) in [6.07, 6.45) is 2.24. The van der Waals surface area contributed by atoms with Gasteiger partial charge < -0.3 is 10.1 Å². The Balaban J connectivity index is 1.92. The lowest BCUT2D eigenvalue weighted by Crippen LogP contribution is -2.26. The minimum absolute atomic E-state index is 0.296. The van der Waals surface area contributed by atoms with Crippen LogP contribution in [0.15, 0.2) is 46.9 Å². The van der Waals surface area contributed by atoms with Crippen LogP contribution in [-0.4, -0.2) is 14.2 Å². The van der Waals surface area contributed by atoms with Gasteiger partial charge in [-0.05, 0) is 55.1 Å². The molecule has 0 saturated heterocycles. The summed E-state index contributed by atoms with van der Waals surface area (Å²) in [5.74, 6) is 1.52. The number of methoxy groups -OCH3 is 1. The summed E-state index contributed by atoms with van der Waals surface area (Å²) >= 11 is 3.58. The fourth-order valence-electron chi connectivity index (χ4n) is 3.42. The van der Waals surface area contributed by atoms with Gasteiger partial charge in [0.2, 0.25) is 0 Å². The van der Waals surface area contributed by atoms with E-state index in [9.17, 15) is 0 Å². The number of halogens is 1. The lowest BCUT2D eigenvalue weighted by atomic mass is 9.90. The van der Waals surface area contributed by atoms with Crippen LogP contribution in [0.5, 0.6) is 5.75 Å². The molecule has 1 unspecified atom stereocenters. The van der Waals surface area contributed by atoms with Crippen LogP contribution >= 0.6 is 15.9 Å². The Hall–Kier alpha value is -1.32. The summed E-state index contributed by atoms with van der Waals surface area (Å²) in [4.78, 5) is 0. The molecule has 110 valence electrons. The third-order valence-corrected chi connectivity index (χ3v) is 4.89. The first-order valence-electron chi connectivity index (χ1n) is 7.30. The Morgan fingerprint density at radius 3 is 2.38 bits per heavy atom. The summed E-state index contributed by atoms with van der Waals surface area (Å²) in [5, 5.41) is 3.50. The molecule has 0 spiro atoms. The van der Waals surface area contributed by atoms with Crippen molar-refractivity contribution < 1.29 is 4.74 Å². The van der Waals surface area contributed by atoms with E-state index in [1.165, 1.54) is 16.7 Å². The van der Waals surface area contributed by atoms with E-state index in [1.54, 1.807) is 7.11 Å². The van der Waals surface area contributed by atoms with Crippen LogP contribution in [0.3, 0.4) is 0 Å². The number of rotatable bonds is 4. The lowest BCUT2D eigenvalue weighted by molar-refractivity contribution is 0.363. The van der Waals surface area contributed by atoms with Crippen molar-refractivity contribution in [2.24, 2.45) is 5.92 Å². The largest absolute Gasteiger partial charge is 0.496 e. The molecule has 1 N–H and O–H groups in total. The average molecular weight is 346 g/mol. The van der Waals surface area contributed by atoms with Crippen molar-refractivity contribution in [1.29, 1.82) is 0 Å². The highest BCUT2D eigenvalue weighted by atomic mass is 79.9. The first-order chi connectivity index (χ1) is 10.2. The minimum atomic E-state index is 0.296. The van der Waals surface area contributed by atoms with Crippen LogP contribution in [0.4, 0.5) is 0 Å². The Morgan fingerprint density at radius 2 is 1.81 bits per heavy atom. The Kier molecular flexibility index (Phi) is 4.32. The van der Waals surface area contributed by atoms with Gasteiger partial charge in [-0.1, -0.05) is 40.2 Å². The van der Waals surface area contributed by atoms with E-state index in [2.05, 4.69) is 51.6 Å². The number of ether oxygens (including phenoxy) is 1. The Labute approximate surface area is 134 Å². The van der Waals surface area contributed by atoms with Crippen LogP contribution < -0.4 is 10.1 Å². The van der Waals surface area contributed by atoms with Crippen LogP contribution in [0.2, 0.25) is 0 Å². The number of benzene rings is 2. The fourth-order valence-corrected chi connectivity index (χ4v) is 3.80. The molecular weight excluding hydrogens is 326 g/mol. The molecule has 3 heteroatoms. The fraction of sp³-hybridized carbons (Fsp3) is 0.333. The summed E-state index contributed by atoms with van der Waals surface area (Å²) in [6.45, 7) is 0. The molecule has 1 atom stereocenters. The predicted octanol–water partition coefficient (Wildman–Crippen LogP) is 4.13. The Bertz CT molecular complexity index is 616. The molecule has 0 radical (unpaired) electrons. The first-order valence-corrected chi connectivity index (χ1v) is 8.09. The summed E-state index contributed by atoms with van der Waals surface area (Å²) in [6, 6.07) is 15.3. The summed E-state index contributed by atoms with van der Waals surface area (Å²) in [7, 11) is 3.77. The quantitative estimate of drug-likeness (QED) is 0.899. The van der Waals surface area contributed by atoms with Crippen molar-refractivity contribution in [3.63, 3.8) is 0 Å². The Morgan fingerprint density at radius 1 is 1.14 bits per heavy atom. The highest BCUT2D eigenvalue weighted by Crippen LogP contribution is 2.39. The van der Waals surface area contributed by atoms with Crippen LogP contribution in [0.25, 0.3) is 0 Å². The minimum Gasteiger partial charge on any atom is -0.496 e. The second-order valence-electron chi connectivity index (χ2n) is 5.59. The topological polar surface area (TPSA) is 21.3 Å². The molecule has 1 aliphatic rings. The zero-order chi connectivity index (χ0) is 14.8. The number of nitrogens with one attached hydrogen (secondary N) is 1. The molecule has 0 amide bonds. The van der Waals surface area contributed by atoms with Crippen molar-refractivity contribution in [3.05, 3.63) is 63.6 Å². The molecule has 1 aliphatic carbocycles. The van der Waals surface area contributed by atoms with Gasteiger partial charge in [-0.15, -0.1) is 0 Å². The number of hydrogen-bond acceptors (Lipinski definition) is 2. The molecular formula is C18H20BrNO. The van der Waals surface area contributed by atoms with Crippen molar-refractivity contribution >= 4 is 15.9 Å². The summed E-state index contributed by atoms with van der Waals surface area (Å²) in [5.41, 5.74) is 4.20. The molecule has 3 rings (SSSR count). The number of hydrogen-bond donors (Lipinski definition) is 1. The van der Waals surface area contributed by atoms with Gasteiger partial charge in [0.05, 0.1) is 7.11 Å². The van der Waals surface area contributed by atoms with Crippen molar-refractivity contribution in [2.45, 2.75) is 18.9 Å². The van der Waals surface area contributed by atoms with Crippen LogP contribution in [-0.2, 0) is 12.8 Å². The first kappa shape index (κ1) is 14.6. The van der Waals surface area contributed by atoms with Gasteiger partial charge in [0.15, 0.2) is 0 Å². The zero-order valence-corrected chi connectivity index (χ0v) is 14.0. The standard InChI is InChI=1S/C18H20BrNO/c1-20-18(16-11-15(19)7-8-17(16)21-2)14-9-12-5-3-4-6-13(12)10-14/h3-8,11,14,18,20H,9-10H2,1-2H3. The second kappa shape index (κ2) is 6.20. The third-order valence-electron chi connectivity index (χ3n) is 4.39. The highest BCUT2D eigenvalue weighted by molar-refractivity contribution is 9.10. The third kappa shape index (κ3) is 2.85. The molecule has 21 heavy (non-hydrogen) atoms. The van der Waals surface area contributed by atoms with E-state index >= 15 is 0 Å². The average Bonchev–Trinajstić information content (AvgIpc) is 2.92. The van der Waals surface area contributed by atoms with Gasteiger partial charge in [-0.25, -0.2) is 0 Å². The maximum atomic E-state index is 5.56. The molecule has 0 heterocycles. The van der Waals surface area contributed by atoms with Crippen LogP contribution in [0, 0.1) is 5.92 Å². The van der Waals surface area contributed by atoms with E-state index in [-0.39, 0.29) is 0 Å². The lowest BCUT2D eigenvalue weighted by Gasteiger charge is -2.25. The maximum absolute atomic E-state index is 5.56. The van der Waals surface area contributed by atoms with E-state index in [0.29, 0.717) is 12.0 Å². The van der Waals surface area contributed by atoms with Crippen molar-refractivity contribution in [1.82, 2.24) is 5.32 Å². The molecule has 0 bridgehead atoms. The molecule has 0 aromatic heterocycles. The predicted molar refractivity (Wildman–Crippen MR) is 89.8 cm³/mol. The normalized spacial score (nSPS) is 15.8. The molecule has 2 aromatic carbocycles. The SMILES string of the molecule is CNC(c1cc(Br)ccc1OC)C1Cc2ccccc2C1. The van der Waals surface area contributed by atoms with Gasteiger partial charge in [0, 0.05) is 16.1 Å². The van der Waals surface area contributed by atoms with Gasteiger partial charge in [-0.2, -0.15) is 0 Å². The van der Waals surface area contributed by atoms with E-state index in [0.717, 1.165) is 23.1 Å². The molecule has 2 aromatic rings.